The Kier molecular flexibility index (Phi) is 2.92. The molecule has 86 valence electrons. The lowest BCUT2D eigenvalue weighted by molar-refractivity contribution is -0.148. The highest BCUT2D eigenvalue weighted by molar-refractivity contribution is 5.71. The summed E-state index contributed by atoms with van der Waals surface area (Å²) in [6.45, 7) is 3.06. The van der Waals surface area contributed by atoms with E-state index in [4.69, 9.17) is 5.11 Å². The minimum Gasteiger partial charge on any atom is -0.481 e. The number of benzene rings is 1. The summed E-state index contributed by atoms with van der Waals surface area (Å²) >= 11 is 0. The first kappa shape index (κ1) is 11.1. The number of hydrogen-bond donors (Lipinski definition) is 1. The lowest BCUT2D eigenvalue weighted by Gasteiger charge is -2.41. The van der Waals surface area contributed by atoms with Crippen LogP contribution in [0.3, 0.4) is 0 Å². The van der Waals surface area contributed by atoms with Crippen LogP contribution in [-0.2, 0) is 4.79 Å². The van der Waals surface area contributed by atoms with E-state index in [1.165, 1.54) is 12.1 Å². The molecule has 1 heterocycles. The molecule has 0 bridgehead atoms. The fourth-order valence-corrected chi connectivity index (χ4v) is 1.96. The van der Waals surface area contributed by atoms with Gasteiger partial charge in [0.1, 0.15) is 5.82 Å². The minimum absolute atomic E-state index is 0.0753. The standard InChI is InChI=1S/C12H14FNO2/c1-8(9-3-2-4-11(13)5-9)14-6-10(7-14)12(15)16/h2-5,8,10H,6-7H2,1H3,(H,15,16)/t8-/m0/s1. The largest absolute Gasteiger partial charge is 0.481 e. The molecule has 1 aliphatic heterocycles. The fourth-order valence-electron chi connectivity index (χ4n) is 1.96. The lowest BCUT2D eigenvalue weighted by Crippen LogP contribution is -2.51. The first-order chi connectivity index (χ1) is 7.58. The molecule has 1 N–H and O–H groups in total. The number of hydrogen-bond acceptors (Lipinski definition) is 2. The normalized spacial score (nSPS) is 19.1. The zero-order chi connectivity index (χ0) is 11.7. The van der Waals surface area contributed by atoms with Crippen LogP contribution in [0.4, 0.5) is 4.39 Å². The average Bonchev–Trinajstić information content (AvgIpc) is 2.14. The van der Waals surface area contributed by atoms with Gasteiger partial charge in [0.2, 0.25) is 0 Å². The number of carboxylic acids is 1. The Morgan fingerprint density at radius 3 is 2.81 bits per heavy atom. The number of likely N-dealkylation sites (tertiary alicyclic amines) is 1. The van der Waals surface area contributed by atoms with Gasteiger partial charge in [0.25, 0.3) is 0 Å². The molecular weight excluding hydrogens is 209 g/mol. The molecule has 0 aromatic heterocycles. The monoisotopic (exact) mass is 223 g/mol. The van der Waals surface area contributed by atoms with Gasteiger partial charge in [-0.2, -0.15) is 0 Å². The van der Waals surface area contributed by atoms with E-state index in [-0.39, 0.29) is 17.8 Å². The second kappa shape index (κ2) is 4.22. The maximum Gasteiger partial charge on any atom is 0.309 e. The van der Waals surface area contributed by atoms with Crippen molar-refractivity contribution in [3.05, 3.63) is 35.6 Å². The summed E-state index contributed by atoms with van der Waals surface area (Å²) in [6.07, 6.45) is 0. The Morgan fingerprint density at radius 1 is 1.56 bits per heavy atom. The van der Waals surface area contributed by atoms with Crippen molar-refractivity contribution in [2.45, 2.75) is 13.0 Å². The molecule has 2 rings (SSSR count). The van der Waals surface area contributed by atoms with E-state index in [0.717, 1.165) is 5.56 Å². The van der Waals surface area contributed by atoms with E-state index in [0.29, 0.717) is 13.1 Å². The molecule has 0 aliphatic carbocycles. The number of nitrogens with zero attached hydrogens (tertiary/aromatic N) is 1. The maximum absolute atomic E-state index is 13.0. The van der Waals surface area contributed by atoms with Crippen LogP contribution in [0.5, 0.6) is 0 Å². The molecule has 1 aromatic carbocycles. The topological polar surface area (TPSA) is 40.5 Å². The molecule has 1 atom stereocenters. The van der Waals surface area contributed by atoms with Crippen molar-refractivity contribution >= 4 is 5.97 Å². The van der Waals surface area contributed by atoms with Gasteiger partial charge in [-0.25, -0.2) is 4.39 Å². The van der Waals surface area contributed by atoms with E-state index < -0.39 is 5.97 Å². The Bertz CT molecular complexity index is 402. The van der Waals surface area contributed by atoms with Crippen LogP contribution in [0.25, 0.3) is 0 Å². The van der Waals surface area contributed by atoms with E-state index in [1.54, 1.807) is 6.07 Å². The van der Waals surface area contributed by atoms with Gasteiger partial charge in [-0.15, -0.1) is 0 Å². The van der Waals surface area contributed by atoms with E-state index in [9.17, 15) is 9.18 Å². The molecular formula is C12H14FNO2. The van der Waals surface area contributed by atoms with Crippen molar-refractivity contribution < 1.29 is 14.3 Å². The van der Waals surface area contributed by atoms with Gasteiger partial charge in [-0.1, -0.05) is 12.1 Å². The minimum atomic E-state index is -0.748. The first-order valence-electron chi connectivity index (χ1n) is 5.30. The summed E-state index contributed by atoms with van der Waals surface area (Å²) in [5.74, 6) is -1.27. The Hall–Kier alpha value is -1.42. The fraction of sp³-hybridized carbons (Fsp3) is 0.417. The average molecular weight is 223 g/mol. The van der Waals surface area contributed by atoms with Gasteiger partial charge in [0.15, 0.2) is 0 Å². The maximum atomic E-state index is 13.0. The molecule has 1 aromatic rings. The Labute approximate surface area is 93.5 Å². The van der Waals surface area contributed by atoms with Gasteiger partial charge in [0.05, 0.1) is 5.92 Å². The van der Waals surface area contributed by atoms with Crippen molar-refractivity contribution in [3.63, 3.8) is 0 Å². The summed E-state index contributed by atoms with van der Waals surface area (Å²) in [7, 11) is 0. The van der Waals surface area contributed by atoms with E-state index >= 15 is 0 Å². The van der Waals surface area contributed by atoms with Crippen molar-refractivity contribution in [1.29, 1.82) is 0 Å². The molecule has 1 aliphatic rings. The highest BCUT2D eigenvalue weighted by Gasteiger charge is 2.35. The zero-order valence-corrected chi connectivity index (χ0v) is 9.06. The van der Waals surface area contributed by atoms with E-state index in [1.807, 2.05) is 17.9 Å². The summed E-state index contributed by atoms with van der Waals surface area (Å²) in [5.41, 5.74) is 0.892. The molecule has 1 saturated heterocycles. The van der Waals surface area contributed by atoms with Crippen molar-refractivity contribution in [1.82, 2.24) is 4.90 Å². The van der Waals surface area contributed by atoms with Gasteiger partial charge >= 0.3 is 5.97 Å². The number of halogens is 1. The number of carbonyl (C=O) groups is 1. The van der Waals surface area contributed by atoms with E-state index in [2.05, 4.69) is 0 Å². The summed E-state index contributed by atoms with van der Waals surface area (Å²) in [5, 5.41) is 8.76. The third-order valence-corrected chi connectivity index (χ3v) is 3.14. The number of aliphatic carboxylic acids is 1. The van der Waals surface area contributed by atoms with Gasteiger partial charge in [0, 0.05) is 19.1 Å². The summed E-state index contributed by atoms with van der Waals surface area (Å²) < 4.78 is 13.0. The van der Waals surface area contributed by atoms with Crippen LogP contribution in [-0.4, -0.2) is 29.1 Å². The van der Waals surface area contributed by atoms with Crippen molar-refractivity contribution in [2.75, 3.05) is 13.1 Å². The van der Waals surface area contributed by atoms with Crippen LogP contribution >= 0.6 is 0 Å². The predicted molar refractivity (Wildman–Crippen MR) is 57.5 cm³/mol. The van der Waals surface area contributed by atoms with Gasteiger partial charge in [-0.3, -0.25) is 9.69 Å². The second-order valence-electron chi connectivity index (χ2n) is 4.22. The molecule has 4 heteroatoms. The quantitative estimate of drug-likeness (QED) is 0.850. The second-order valence-corrected chi connectivity index (χ2v) is 4.22. The first-order valence-corrected chi connectivity index (χ1v) is 5.30. The molecule has 0 saturated carbocycles. The van der Waals surface area contributed by atoms with Crippen LogP contribution in [0, 0.1) is 11.7 Å². The molecule has 0 unspecified atom stereocenters. The van der Waals surface area contributed by atoms with Crippen LogP contribution in [0.15, 0.2) is 24.3 Å². The lowest BCUT2D eigenvalue weighted by atomic mass is 9.95. The SMILES string of the molecule is C[C@@H](c1cccc(F)c1)N1CC(C(=O)O)C1. The summed E-state index contributed by atoms with van der Waals surface area (Å²) in [6, 6.07) is 6.52. The Morgan fingerprint density at radius 2 is 2.25 bits per heavy atom. The van der Waals surface area contributed by atoms with Gasteiger partial charge in [-0.05, 0) is 24.6 Å². The smallest absolute Gasteiger partial charge is 0.309 e. The molecule has 0 spiro atoms. The zero-order valence-electron chi connectivity index (χ0n) is 9.06. The van der Waals surface area contributed by atoms with Crippen LogP contribution in [0.1, 0.15) is 18.5 Å². The highest BCUT2D eigenvalue weighted by Crippen LogP contribution is 2.28. The number of carboxylic acid groups (broad SMARTS) is 1. The Balaban J connectivity index is 2.00. The molecule has 0 radical (unpaired) electrons. The summed E-state index contributed by atoms with van der Waals surface area (Å²) in [4.78, 5) is 12.7. The molecule has 1 fully saturated rings. The molecule has 0 amide bonds. The van der Waals surface area contributed by atoms with Crippen LogP contribution in [0.2, 0.25) is 0 Å². The molecule has 3 nitrogen and oxygen atoms in total. The molecule has 16 heavy (non-hydrogen) atoms. The third-order valence-electron chi connectivity index (χ3n) is 3.14. The highest BCUT2D eigenvalue weighted by atomic mass is 19.1. The third kappa shape index (κ3) is 2.07. The number of rotatable bonds is 3. The van der Waals surface area contributed by atoms with Crippen LogP contribution < -0.4 is 0 Å². The van der Waals surface area contributed by atoms with Gasteiger partial charge < -0.3 is 5.11 Å². The predicted octanol–water partition coefficient (Wildman–Crippen LogP) is 1.90. The van der Waals surface area contributed by atoms with Crippen molar-refractivity contribution in [2.24, 2.45) is 5.92 Å². The van der Waals surface area contributed by atoms with Crippen molar-refractivity contribution in [3.8, 4) is 0 Å².